The zero-order valence-electron chi connectivity index (χ0n) is 11.4. The van der Waals surface area contributed by atoms with E-state index in [2.05, 4.69) is 5.32 Å². The van der Waals surface area contributed by atoms with Gasteiger partial charge in [-0.2, -0.15) is 0 Å². The topological polar surface area (TPSA) is 47.6 Å². The van der Waals surface area contributed by atoms with E-state index in [9.17, 15) is 9.18 Å². The Balaban J connectivity index is 2.37. The average Bonchev–Trinajstić information content (AvgIpc) is 2.42. The van der Waals surface area contributed by atoms with Gasteiger partial charge in [-0.1, -0.05) is 6.92 Å². The highest BCUT2D eigenvalue weighted by atomic mass is 19.1. The SMILES string of the molecule is CCCOCCCNC(=O)c1ccc(OC)cc1F. The second kappa shape index (κ2) is 8.48. The van der Waals surface area contributed by atoms with E-state index in [0.717, 1.165) is 13.0 Å². The van der Waals surface area contributed by atoms with Crippen LogP contribution in [0.5, 0.6) is 5.75 Å². The van der Waals surface area contributed by atoms with Gasteiger partial charge in [0.05, 0.1) is 12.7 Å². The molecule has 4 nitrogen and oxygen atoms in total. The molecule has 0 atom stereocenters. The lowest BCUT2D eigenvalue weighted by Crippen LogP contribution is -2.26. The minimum absolute atomic E-state index is 0.0234. The van der Waals surface area contributed by atoms with Crippen molar-refractivity contribution in [2.45, 2.75) is 19.8 Å². The summed E-state index contributed by atoms with van der Waals surface area (Å²) in [4.78, 5) is 11.7. The summed E-state index contributed by atoms with van der Waals surface area (Å²) in [5.41, 5.74) is 0.0234. The van der Waals surface area contributed by atoms with Crippen molar-refractivity contribution in [1.82, 2.24) is 5.32 Å². The van der Waals surface area contributed by atoms with E-state index >= 15 is 0 Å². The summed E-state index contributed by atoms with van der Waals surface area (Å²) in [5, 5.41) is 2.65. The minimum atomic E-state index is -0.584. The number of hydrogen-bond acceptors (Lipinski definition) is 3. The van der Waals surface area contributed by atoms with E-state index in [-0.39, 0.29) is 5.56 Å². The van der Waals surface area contributed by atoms with Gasteiger partial charge in [0.1, 0.15) is 11.6 Å². The first-order valence-corrected chi connectivity index (χ1v) is 6.38. The van der Waals surface area contributed by atoms with Crippen LogP contribution < -0.4 is 10.1 Å². The number of nitrogens with one attached hydrogen (secondary N) is 1. The van der Waals surface area contributed by atoms with Crippen LogP contribution in [0.1, 0.15) is 30.1 Å². The van der Waals surface area contributed by atoms with Crippen molar-refractivity contribution in [3.05, 3.63) is 29.6 Å². The van der Waals surface area contributed by atoms with Crippen molar-refractivity contribution in [1.29, 1.82) is 0 Å². The zero-order valence-corrected chi connectivity index (χ0v) is 11.4. The molecule has 5 heteroatoms. The van der Waals surface area contributed by atoms with Gasteiger partial charge in [0.2, 0.25) is 0 Å². The molecular formula is C14H20FNO3. The van der Waals surface area contributed by atoms with E-state index in [0.29, 0.717) is 25.3 Å². The third kappa shape index (κ3) is 5.26. The molecule has 0 saturated carbocycles. The first-order chi connectivity index (χ1) is 9.19. The van der Waals surface area contributed by atoms with Gasteiger partial charge in [0.15, 0.2) is 0 Å². The van der Waals surface area contributed by atoms with Gasteiger partial charge < -0.3 is 14.8 Å². The third-order valence-electron chi connectivity index (χ3n) is 2.52. The Bertz CT molecular complexity index is 410. The maximum absolute atomic E-state index is 13.6. The molecule has 106 valence electrons. The summed E-state index contributed by atoms with van der Waals surface area (Å²) < 4.78 is 23.8. The molecule has 1 aromatic rings. The van der Waals surface area contributed by atoms with Crippen LogP contribution in [-0.4, -0.2) is 32.8 Å². The molecule has 0 aromatic heterocycles. The summed E-state index contributed by atoms with van der Waals surface area (Å²) in [5.74, 6) is -0.614. The molecule has 0 radical (unpaired) electrons. The Hall–Kier alpha value is -1.62. The number of carbonyl (C=O) groups is 1. The molecule has 0 unspecified atom stereocenters. The number of carbonyl (C=O) groups excluding carboxylic acids is 1. The predicted molar refractivity (Wildman–Crippen MR) is 71.0 cm³/mol. The average molecular weight is 269 g/mol. The van der Waals surface area contributed by atoms with Crippen molar-refractivity contribution in [2.24, 2.45) is 0 Å². The summed E-state index contributed by atoms with van der Waals surface area (Å²) in [7, 11) is 1.45. The van der Waals surface area contributed by atoms with E-state index in [1.807, 2.05) is 6.92 Å². The summed E-state index contributed by atoms with van der Waals surface area (Å²) in [6.45, 7) is 3.82. The van der Waals surface area contributed by atoms with Crippen LogP contribution in [0.2, 0.25) is 0 Å². The number of amides is 1. The monoisotopic (exact) mass is 269 g/mol. The van der Waals surface area contributed by atoms with Crippen molar-refractivity contribution in [2.75, 3.05) is 26.9 Å². The van der Waals surface area contributed by atoms with Gasteiger partial charge in [0.25, 0.3) is 5.91 Å². The highest BCUT2D eigenvalue weighted by molar-refractivity contribution is 5.94. The van der Waals surface area contributed by atoms with E-state index in [1.165, 1.54) is 19.2 Å². The standard InChI is InChI=1S/C14H20FNO3/c1-3-8-19-9-4-7-16-14(17)12-6-5-11(18-2)10-13(12)15/h5-6,10H,3-4,7-9H2,1-2H3,(H,16,17). The smallest absolute Gasteiger partial charge is 0.254 e. The quantitative estimate of drug-likeness (QED) is 0.737. The lowest BCUT2D eigenvalue weighted by atomic mass is 10.2. The lowest BCUT2D eigenvalue weighted by Gasteiger charge is -2.07. The number of methoxy groups -OCH3 is 1. The fraction of sp³-hybridized carbons (Fsp3) is 0.500. The normalized spacial score (nSPS) is 10.3. The predicted octanol–water partition coefficient (Wildman–Crippen LogP) is 2.38. The zero-order chi connectivity index (χ0) is 14.1. The van der Waals surface area contributed by atoms with Crippen LogP contribution in [-0.2, 0) is 4.74 Å². The molecule has 0 aliphatic carbocycles. The molecule has 0 saturated heterocycles. The van der Waals surface area contributed by atoms with Gasteiger partial charge in [-0.3, -0.25) is 4.79 Å². The van der Waals surface area contributed by atoms with Gasteiger partial charge in [0, 0.05) is 25.8 Å². The van der Waals surface area contributed by atoms with Gasteiger partial charge in [-0.15, -0.1) is 0 Å². The van der Waals surface area contributed by atoms with Gasteiger partial charge in [-0.25, -0.2) is 4.39 Å². The molecule has 1 N–H and O–H groups in total. The van der Waals surface area contributed by atoms with Crippen LogP contribution >= 0.6 is 0 Å². The van der Waals surface area contributed by atoms with Crippen molar-refractivity contribution in [3.63, 3.8) is 0 Å². The Morgan fingerprint density at radius 2 is 2.16 bits per heavy atom. The van der Waals surface area contributed by atoms with E-state index in [1.54, 1.807) is 6.07 Å². The molecule has 19 heavy (non-hydrogen) atoms. The second-order valence-corrected chi connectivity index (χ2v) is 4.07. The highest BCUT2D eigenvalue weighted by Gasteiger charge is 2.11. The molecule has 0 spiro atoms. The molecule has 0 fully saturated rings. The Morgan fingerprint density at radius 3 is 2.79 bits per heavy atom. The molecule has 0 aliphatic rings. The Labute approximate surface area is 112 Å². The van der Waals surface area contributed by atoms with Crippen LogP contribution in [0.25, 0.3) is 0 Å². The molecule has 0 aliphatic heterocycles. The lowest BCUT2D eigenvalue weighted by molar-refractivity contribution is 0.0937. The number of hydrogen-bond donors (Lipinski definition) is 1. The summed E-state index contributed by atoms with van der Waals surface area (Å²) in [6.07, 6.45) is 1.69. The highest BCUT2D eigenvalue weighted by Crippen LogP contribution is 2.15. The largest absolute Gasteiger partial charge is 0.497 e. The molecule has 1 amide bonds. The van der Waals surface area contributed by atoms with E-state index in [4.69, 9.17) is 9.47 Å². The first kappa shape index (κ1) is 15.4. The van der Waals surface area contributed by atoms with Crippen LogP contribution in [0.4, 0.5) is 4.39 Å². The number of rotatable bonds is 8. The van der Waals surface area contributed by atoms with Crippen LogP contribution in [0.3, 0.4) is 0 Å². The van der Waals surface area contributed by atoms with Crippen molar-refractivity contribution >= 4 is 5.91 Å². The molecule has 1 rings (SSSR count). The van der Waals surface area contributed by atoms with Crippen molar-refractivity contribution < 1.29 is 18.7 Å². The Kier molecular flexibility index (Phi) is 6.89. The molecule has 0 bridgehead atoms. The van der Waals surface area contributed by atoms with Gasteiger partial charge in [-0.05, 0) is 25.0 Å². The van der Waals surface area contributed by atoms with Crippen LogP contribution in [0.15, 0.2) is 18.2 Å². The van der Waals surface area contributed by atoms with E-state index < -0.39 is 11.7 Å². The number of ether oxygens (including phenoxy) is 2. The first-order valence-electron chi connectivity index (χ1n) is 6.38. The summed E-state index contributed by atoms with van der Waals surface area (Å²) >= 11 is 0. The molecule has 0 heterocycles. The third-order valence-corrected chi connectivity index (χ3v) is 2.52. The minimum Gasteiger partial charge on any atom is -0.497 e. The molecular weight excluding hydrogens is 249 g/mol. The summed E-state index contributed by atoms with van der Waals surface area (Å²) in [6, 6.07) is 4.17. The number of halogens is 1. The maximum atomic E-state index is 13.6. The van der Waals surface area contributed by atoms with Crippen LogP contribution in [0, 0.1) is 5.82 Å². The van der Waals surface area contributed by atoms with Gasteiger partial charge >= 0.3 is 0 Å². The second-order valence-electron chi connectivity index (χ2n) is 4.07. The Morgan fingerprint density at radius 1 is 1.37 bits per heavy atom. The maximum Gasteiger partial charge on any atom is 0.254 e. The fourth-order valence-corrected chi connectivity index (χ4v) is 1.52. The number of benzene rings is 1. The van der Waals surface area contributed by atoms with Crippen molar-refractivity contribution in [3.8, 4) is 5.75 Å². The molecule has 1 aromatic carbocycles. The fourth-order valence-electron chi connectivity index (χ4n) is 1.52.